The fourth-order valence-electron chi connectivity index (χ4n) is 0.959. The molecule has 0 aromatic heterocycles. The molecule has 0 aliphatic carbocycles. The van der Waals surface area contributed by atoms with Gasteiger partial charge in [-0.15, -0.1) is 0 Å². The first kappa shape index (κ1) is 12.0. The molecular weight excluding hydrogens is 261 g/mol. The van der Waals surface area contributed by atoms with Gasteiger partial charge >= 0.3 is 0 Å². The summed E-state index contributed by atoms with van der Waals surface area (Å²) in [7, 11) is 0. The summed E-state index contributed by atoms with van der Waals surface area (Å²) in [5.41, 5.74) is 0.0379. The summed E-state index contributed by atoms with van der Waals surface area (Å²) < 4.78 is 18.5. The number of rotatable bonds is 4. The SMILES string of the molecule is CC(CBr)COc1ccc(C#N)c(F)c1. The second-order valence-electron chi connectivity index (χ2n) is 3.32. The lowest BCUT2D eigenvalue weighted by atomic mass is 10.2. The van der Waals surface area contributed by atoms with Gasteiger partial charge in [-0.25, -0.2) is 4.39 Å². The van der Waals surface area contributed by atoms with Crippen LogP contribution in [0.2, 0.25) is 0 Å². The van der Waals surface area contributed by atoms with E-state index in [9.17, 15) is 4.39 Å². The van der Waals surface area contributed by atoms with E-state index >= 15 is 0 Å². The molecule has 1 aromatic carbocycles. The maximum Gasteiger partial charge on any atom is 0.144 e. The standard InChI is InChI=1S/C11H11BrFNO/c1-8(5-12)7-15-10-3-2-9(6-14)11(13)4-10/h2-4,8H,5,7H2,1H3. The van der Waals surface area contributed by atoms with Crippen LogP contribution >= 0.6 is 15.9 Å². The van der Waals surface area contributed by atoms with Gasteiger partial charge in [0.2, 0.25) is 0 Å². The first-order valence-electron chi connectivity index (χ1n) is 4.55. The highest BCUT2D eigenvalue weighted by Crippen LogP contribution is 2.16. The van der Waals surface area contributed by atoms with Crippen molar-refractivity contribution in [2.24, 2.45) is 5.92 Å². The minimum absolute atomic E-state index is 0.0379. The van der Waals surface area contributed by atoms with E-state index in [0.29, 0.717) is 18.3 Å². The van der Waals surface area contributed by atoms with Crippen LogP contribution in [0.25, 0.3) is 0 Å². The third kappa shape index (κ3) is 3.52. The van der Waals surface area contributed by atoms with Crippen molar-refractivity contribution >= 4 is 15.9 Å². The predicted octanol–water partition coefficient (Wildman–Crippen LogP) is 3.11. The Labute approximate surface area is 96.8 Å². The highest BCUT2D eigenvalue weighted by molar-refractivity contribution is 9.09. The second-order valence-corrected chi connectivity index (χ2v) is 3.97. The predicted molar refractivity (Wildman–Crippen MR) is 59.6 cm³/mol. The summed E-state index contributed by atoms with van der Waals surface area (Å²) in [5, 5.41) is 9.37. The Bertz CT molecular complexity index is 375. The average Bonchev–Trinajstić information content (AvgIpc) is 2.26. The van der Waals surface area contributed by atoms with Crippen molar-refractivity contribution in [2.75, 3.05) is 11.9 Å². The minimum Gasteiger partial charge on any atom is -0.493 e. The number of alkyl halides is 1. The Balaban J connectivity index is 2.64. The Morgan fingerprint density at radius 3 is 2.87 bits per heavy atom. The highest BCUT2D eigenvalue weighted by Gasteiger charge is 2.05. The Kier molecular flexibility index (Phi) is 4.57. The molecule has 0 N–H and O–H groups in total. The molecule has 4 heteroatoms. The lowest BCUT2D eigenvalue weighted by molar-refractivity contribution is 0.273. The molecule has 0 spiro atoms. The van der Waals surface area contributed by atoms with E-state index in [2.05, 4.69) is 15.9 Å². The molecule has 1 rings (SSSR count). The molecule has 0 bridgehead atoms. The van der Waals surface area contributed by atoms with E-state index in [0.717, 1.165) is 5.33 Å². The zero-order chi connectivity index (χ0) is 11.3. The molecule has 2 nitrogen and oxygen atoms in total. The fraction of sp³-hybridized carbons (Fsp3) is 0.364. The Morgan fingerprint density at radius 2 is 2.33 bits per heavy atom. The monoisotopic (exact) mass is 271 g/mol. The summed E-state index contributed by atoms with van der Waals surface area (Å²) in [5.74, 6) is 0.282. The molecule has 1 aromatic rings. The molecule has 80 valence electrons. The number of ether oxygens (including phenoxy) is 1. The van der Waals surface area contributed by atoms with Crippen molar-refractivity contribution in [3.8, 4) is 11.8 Å². The van der Waals surface area contributed by atoms with Crippen LogP contribution < -0.4 is 4.74 Å². The van der Waals surface area contributed by atoms with Gasteiger partial charge in [-0.2, -0.15) is 5.26 Å². The summed E-state index contributed by atoms with van der Waals surface area (Å²) in [6.07, 6.45) is 0. The molecule has 0 heterocycles. The molecule has 0 amide bonds. The second kappa shape index (κ2) is 5.72. The van der Waals surface area contributed by atoms with E-state index in [1.54, 1.807) is 12.1 Å². The first-order valence-corrected chi connectivity index (χ1v) is 5.68. The summed E-state index contributed by atoms with van der Waals surface area (Å²) in [6.45, 7) is 2.55. The van der Waals surface area contributed by atoms with E-state index in [1.165, 1.54) is 12.1 Å². The number of hydrogen-bond acceptors (Lipinski definition) is 2. The smallest absolute Gasteiger partial charge is 0.144 e. The molecule has 0 radical (unpaired) electrons. The molecule has 0 aliphatic rings. The van der Waals surface area contributed by atoms with Crippen molar-refractivity contribution < 1.29 is 9.13 Å². The van der Waals surface area contributed by atoms with E-state index in [-0.39, 0.29) is 5.56 Å². The van der Waals surface area contributed by atoms with Gasteiger partial charge in [-0.1, -0.05) is 22.9 Å². The zero-order valence-electron chi connectivity index (χ0n) is 8.34. The van der Waals surface area contributed by atoms with Gasteiger partial charge in [-0.05, 0) is 18.1 Å². The van der Waals surface area contributed by atoms with Crippen LogP contribution in [0.4, 0.5) is 4.39 Å². The molecule has 0 aliphatic heterocycles. The van der Waals surface area contributed by atoms with Crippen LogP contribution in [0.1, 0.15) is 12.5 Å². The van der Waals surface area contributed by atoms with Crippen LogP contribution in [0.15, 0.2) is 18.2 Å². The first-order chi connectivity index (χ1) is 7.17. The van der Waals surface area contributed by atoms with E-state index in [4.69, 9.17) is 10.00 Å². The molecule has 1 atom stereocenters. The number of benzene rings is 1. The largest absolute Gasteiger partial charge is 0.493 e. The summed E-state index contributed by atoms with van der Waals surface area (Å²) >= 11 is 3.33. The fourth-order valence-corrected chi connectivity index (χ4v) is 1.15. The third-order valence-electron chi connectivity index (χ3n) is 1.86. The van der Waals surface area contributed by atoms with Crippen molar-refractivity contribution in [1.82, 2.24) is 0 Å². The summed E-state index contributed by atoms with van der Waals surface area (Å²) in [4.78, 5) is 0. The maximum absolute atomic E-state index is 13.1. The van der Waals surface area contributed by atoms with Gasteiger partial charge < -0.3 is 4.74 Å². The quantitative estimate of drug-likeness (QED) is 0.789. The Hall–Kier alpha value is -1.08. The molecule has 1 unspecified atom stereocenters. The lowest BCUT2D eigenvalue weighted by Gasteiger charge is -2.10. The van der Waals surface area contributed by atoms with Crippen molar-refractivity contribution in [1.29, 1.82) is 5.26 Å². The van der Waals surface area contributed by atoms with Crippen LogP contribution in [0.3, 0.4) is 0 Å². The van der Waals surface area contributed by atoms with Crippen molar-refractivity contribution in [3.05, 3.63) is 29.6 Å². The van der Waals surface area contributed by atoms with Gasteiger partial charge in [0.05, 0.1) is 12.2 Å². The summed E-state index contributed by atoms with van der Waals surface area (Å²) in [6, 6.07) is 6.02. The van der Waals surface area contributed by atoms with Crippen LogP contribution in [-0.4, -0.2) is 11.9 Å². The van der Waals surface area contributed by atoms with Crippen LogP contribution in [0, 0.1) is 23.1 Å². The van der Waals surface area contributed by atoms with Crippen molar-refractivity contribution in [2.45, 2.75) is 6.92 Å². The minimum atomic E-state index is -0.540. The van der Waals surface area contributed by atoms with Crippen LogP contribution in [0.5, 0.6) is 5.75 Å². The highest BCUT2D eigenvalue weighted by atomic mass is 79.9. The van der Waals surface area contributed by atoms with Gasteiger partial charge in [0.1, 0.15) is 17.6 Å². The number of hydrogen-bond donors (Lipinski definition) is 0. The number of nitrogens with zero attached hydrogens (tertiary/aromatic N) is 1. The topological polar surface area (TPSA) is 33.0 Å². The molecular formula is C11H11BrFNO. The van der Waals surface area contributed by atoms with Gasteiger partial charge in [0, 0.05) is 11.4 Å². The van der Waals surface area contributed by atoms with Crippen LogP contribution in [-0.2, 0) is 0 Å². The maximum atomic E-state index is 13.1. The Morgan fingerprint density at radius 1 is 1.60 bits per heavy atom. The number of halogens is 2. The van der Waals surface area contributed by atoms with Gasteiger partial charge in [0.15, 0.2) is 0 Å². The normalized spacial score (nSPS) is 11.9. The lowest BCUT2D eigenvalue weighted by Crippen LogP contribution is -2.09. The average molecular weight is 272 g/mol. The van der Waals surface area contributed by atoms with E-state index < -0.39 is 5.82 Å². The molecule has 0 saturated carbocycles. The number of nitriles is 1. The zero-order valence-corrected chi connectivity index (χ0v) is 9.92. The molecule has 0 saturated heterocycles. The van der Waals surface area contributed by atoms with E-state index in [1.807, 2.05) is 6.92 Å². The van der Waals surface area contributed by atoms with Gasteiger partial charge in [-0.3, -0.25) is 0 Å². The molecule has 15 heavy (non-hydrogen) atoms. The van der Waals surface area contributed by atoms with Gasteiger partial charge in [0.25, 0.3) is 0 Å². The van der Waals surface area contributed by atoms with Crippen molar-refractivity contribution in [3.63, 3.8) is 0 Å². The molecule has 0 fully saturated rings. The third-order valence-corrected chi connectivity index (χ3v) is 2.96.